The molecule has 0 atom stereocenters. The Labute approximate surface area is 132 Å². The molecule has 0 aromatic carbocycles. The number of hydrogen-bond donors (Lipinski definition) is 1. The van der Waals surface area contributed by atoms with Crippen molar-refractivity contribution in [3.63, 3.8) is 0 Å². The van der Waals surface area contributed by atoms with Gasteiger partial charge < -0.3 is 10.6 Å². The predicted molar refractivity (Wildman–Crippen MR) is 89.6 cm³/mol. The summed E-state index contributed by atoms with van der Waals surface area (Å²) in [7, 11) is 0. The van der Waals surface area contributed by atoms with E-state index < -0.39 is 0 Å². The largest absolute Gasteiger partial charge is 0.382 e. The van der Waals surface area contributed by atoms with Gasteiger partial charge in [-0.15, -0.1) is 0 Å². The van der Waals surface area contributed by atoms with E-state index in [1.807, 2.05) is 0 Å². The highest BCUT2D eigenvalue weighted by Crippen LogP contribution is 2.38. The maximum atomic E-state index is 6.17. The molecule has 21 heavy (non-hydrogen) atoms. The van der Waals surface area contributed by atoms with E-state index in [0.29, 0.717) is 12.5 Å². The van der Waals surface area contributed by atoms with Gasteiger partial charge in [0, 0.05) is 18.3 Å². The van der Waals surface area contributed by atoms with Crippen LogP contribution >= 0.6 is 11.8 Å². The lowest BCUT2D eigenvalue weighted by Gasteiger charge is -2.18. The minimum Gasteiger partial charge on any atom is -0.382 e. The second-order valence-corrected chi connectivity index (χ2v) is 6.08. The third-order valence-corrected chi connectivity index (χ3v) is 4.22. The van der Waals surface area contributed by atoms with Gasteiger partial charge >= 0.3 is 0 Å². The van der Waals surface area contributed by atoms with Crippen molar-refractivity contribution in [1.82, 2.24) is 9.97 Å². The van der Waals surface area contributed by atoms with E-state index >= 15 is 0 Å². The Morgan fingerprint density at radius 1 is 1.10 bits per heavy atom. The van der Waals surface area contributed by atoms with Crippen LogP contribution in [-0.4, -0.2) is 23.2 Å². The molecule has 0 fully saturated rings. The lowest BCUT2D eigenvalue weighted by atomic mass is 10.1. The Balaban J connectivity index is 1.69. The maximum Gasteiger partial charge on any atom is 0.174 e. The molecule has 2 N–H and O–H groups in total. The fraction of sp³-hybridized carbons (Fsp3) is 0.733. The minimum atomic E-state index is 0.516. The summed E-state index contributed by atoms with van der Waals surface area (Å²) in [6, 6.07) is 0. The van der Waals surface area contributed by atoms with Crippen molar-refractivity contribution in [1.29, 1.82) is 0 Å². The highest BCUT2D eigenvalue weighted by atomic mass is 35.5. The van der Waals surface area contributed by atoms with Crippen LogP contribution in [0.2, 0.25) is 0 Å². The van der Waals surface area contributed by atoms with Crippen LogP contribution in [0.25, 0.3) is 0 Å². The first-order valence-corrected chi connectivity index (χ1v) is 8.36. The average Bonchev–Trinajstić information content (AvgIpc) is 2.80. The number of rotatable bonds is 9. The molecular weight excluding hydrogens is 286 g/mol. The zero-order chi connectivity index (χ0) is 15.1. The molecule has 0 spiro atoms. The van der Waals surface area contributed by atoms with Crippen LogP contribution in [0.4, 0.5) is 17.3 Å². The van der Waals surface area contributed by atoms with E-state index in [9.17, 15) is 0 Å². The van der Waals surface area contributed by atoms with Gasteiger partial charge in [0.15, 0.2) is 11.6 Å². The average molecular weight is 312 g/mol. The van der Waals surface area contributed by atoms with Gasteiger partial charge in [-0.05, 0) is 6.42 Å². The van der Waals surface area contributed by atoms with Gasteiger partial charge in [0.1, 0.15) is 18.7 Å². The van der Waals surface area contributed by atoms with Gasteiger partial charge in [-0.3, -0.25) is 0 Å². The van der Waals surface area contributed by atoms with E-state index in [1.54, 1.807) is 4.42 Å². The first kappa shape index (κ1) is 16.1. The van der Waals surface area contributed by atoms with E-state index in [2.05, 4.69) is 21.8 Å². The fourth-order valence-corrected chi connectivity index (χ4v) is 3.02. The topological polar surface area (TPSA) is 58.3 Å². The Hall–Kier alpha value is -1.23. The smallest absolute Gasteiger partial charge is 0.174 e. The summed E-state index contributed by atoms with van der Waals surface area (Å²) in [6.45, 7) is 3.85. The summed E-state index contributed by atoms with van der Waals surface area (Å²) in [5.74, 6) is 1.24. The highest BCUT2D eigenvalue weighted by Gasteiger charge is 2.28. The summed E-state index contributed by atoms with van der Waals surface area (Å²) < 4.78 is 1.61. The number of nitrogen functional groups attached to an aromatic ring is 1. The van der Waals surface area contributed by atoms with Crippen molar-refractivity contribution < 1.29 is 0 Å². The molecule has 0 saturated heterocycles. The van der Waals surface area contributed by atoms with Gasteiger partial charge in [0.05, 0.1) is 0 Å². The highest BCUT2D eigenvalue weighted by molar-refractivity contribution is 6.27. The Morgan fingerprint density at radius 2 is 1.76 bits per heavy atom. The maximum absolute atomic E-state index is 6.17. The number of fused-ring (bicyclic) bond motifs is 1. The molecule has 0 saturated carbocycles. The number of hydrogen-bond acceptors (Lipinski definition) is 5. The zero-order valence-corrected chi connectivity index (χ0v) is 13.6. The summed E-state index contributed by atoms with van der Waals surface area (Å²) >= 11 is 6.17. The van der Waals surface area contributed by atoms with Gasteiger partial charge in [-0.25, -0.2) is 14.4 Å². The van der Waals surface area contributed by atoms with Crippen LogP contribution in [0.3, 0.4) is 0 Å². The third-order valence-electron chi connectivity index (χ3n) is 3.95. The molecule has 0 unspecified atom stereocenters. The minimum absolute atomic E-state index is 0.516. The molecule has 2 heterocycles. The first-order chi connectivity index (χ1) is 10.2. The molecule has 1 aromatic rings. The fourth-order valence-electron chi connectivity index (χ4n) is 2.77. The van der Waals surface area contributed by atoms with Crippen LogP contribution in [0.15, 0.2) is 6.33 Å². The molecule has 2 rings (SSSR count). The van der Waals surface area contributed by atoms with Crippen LogP contribution in [0, 0.1) is 0 Å². The monoisotopic (exact) mass is 311 g/mol. The molecule has 1 aliphatic rings. The Bertz CT molecular complexity index is 440. The number of aromatic nitrogens is 2. The molecule has 1 aliphatic heterocycles. The molecule has 0 bridgehead atoms. The quantitative estimate of drug-likeness (QED) is 0.553. The van der Waals surface area contributed by atoms with Crippen LogP contribution in [-0.2, 0) is 0 Å². The van der Waals surface area contributed by atoms with E-state index in [4.69, 9.17) is 17.5 Å². The van der Waals surface area contributed by atoms with E-state index in [1.165, 1.54) is 51.3 Å². The van der Waals surface area contributed by atoms with Crippen molar-refractivity contribution in [2.75, 3.05) is 28.3 Å². The normalized spacial score (nSPS) is 13.8. The van der Waals surface area contributed by atoms with Gasteiger partial charge in [0.25, 0.3) is 0 Å². The first-order valence-electron chi connectivity index (χ1n) is 8.02. The number of unbranched alkanes of at least 4 members (excludes halogenated alkanes) is 7. The molecule has 0 aliphatic carbocycles. The van der Waals surface area contributed by atoms with Crippen molar-refractivity contribution in [3.8, 4) is 0 Å². The third kappa shape index (κ3) is 4.37. The van der Waals surface area contributed by atoms with Crippen molar-refractivity contribution in [2.24, 2.45) is 0 Å². The summed E-state index contributed by atoms with van der Waals surface area (Å²) in [5.41, 5.74) is 6.83. The van der Waals surface area contributed by atoms with Crippen LogP contribution in [0.5, 0.6) is 0 Å². The van der Waals surface area contributed by atoms with Gasteiger partial charge in [0.2, 0.25) is 0 Å². The van der Waals surface area contributed by atoms with E-state index in [0.717, 1.165) is 24.5 Å². The molecule has 5 nitrogen and oxygen atoms in total. The predicted octanol–water partition coefficient (Wildman–Crippen LogP) is 3.94. The SMILES string of the molecule is CCCCCCCCCCN1CN(Cl)c2ncnc(N)c21. The van der Waals surface area contributed by atoms with E-state index in [-0.39, 0.29) is 0 Å². The molecule has 1 aromatic heterocycles. The van der Waals surface area contributed by atoms with Crippen molar-refractivity contribution >= 4 is 29.1 Å². The molecule has 0 amide bonds. The molecule has 0 radical (unpaired) electrons. The lowest BCUT2D eigenvalue weighted by molar-refractivity contribution is 0.573. The Kier molecular flexibility index (Phi) is 6.36. The summed E-state index contributed by atoms with van der Waals surface area (Å²) in [4.78, 5) is 10.4. The van der Waals surface area contributed by atoms with Gasteiger partial charge in [-0.2, -0.15) is 0 Å². The van der Waals surface area contributed by atoms with Gasteiger partial charge in [-0.1, -0.05) is 51.9 Å². The molecule has 118 valence electrons. The lowest BCUT2D eigenvalue weighted by Crippen LogP contribution is -2.27. The zero-order valence-electron chi connectivity index (χ0n) is 12.9. The molecular formula is C15H26ClN5. The second-order valence-electron chi connectivity index (χ2n) is 5.67. The number of nitrogens with two attached hydrogens (primary N) is 1. The molecule has 6 heteroatoms. The number of anilines is 3. The number of nitrogens with zero attached hydrogens (tertiary/aromatic N) is 4. The second kappa shape index (κ2) is 8.27. The van der Waals surface area contributed by atoms with Crippen LogP contribution in [0.1, 0.15) is 58.3 Å². The number of halogens is 1. The summed E-state index contributed by atoms with van der Waals surface area (Å²) in [6.07, 6.45) is 12.0. The standard InChI is InChI=1S/C15H26ClN5/c1-2-3-4-5-6-7-8-9-10-20-12-21(16)15-13(20)14(17)18-11-19-15/h11H,2-10,12H2,1H3,(H2,17,18,19). The Morgan fingerprint density at radius 3 is 2.48 bits per heavy atom. The van der Waals surface area contributed by atoms with Crippen molar-refractivity contribution in [3.05, 3.63) is 6.33 Å². The summed E-state index contributed by atoms with van der Waals surface area (Å²) in [5, 5.41) is 0. The van der Waals surface area contributed by atoms with Crippen LogP contribution < -0.4 is 15.1 Å². The van der Waals surface area contributed by atoms with Crippen molar-refractivity contribution in [2.45, 2.75) is 58.3 Å².